The summed E-state index contributed by atoms with van der Waals surface area (Å²) in [4.78, 5) is 12.0. The van der Waals surface area contributed by atoms with Crippen molar-refractivity contribution in [2.75, 3.05) is 5.32 Å². The van der Waals surface area contributed by atoms with Gasteiger partial charge >= 0.3 is 0 Å². The molecule has 4 aromatic rings. The van der Waals surface area contributed by atoms with E-state index in [1.54, 1.807) is 0 Å². The van der Waals surface area contributed by atoms with Crippen LogP contribution < -0.4 is 16.0 Å². The lowest BCUT2D eigenvalue weighted by atomic mass is 9.86. The summed E-state index contributed by atoms with van der Waals surface area (Å²) >= 11 is 5.04. The summed E-state index contributed by atoms with van der Waals surface area (Å²) in [6, 6.07) is 34.3. The SMILES string of the molecule is CCCC(C)(Nc1ccc(/C=C(\c2ccccc2)c2ccc(C)c(C)c2)cc1)c1ccc(/C=C2\NC(=S)NC2=O)cc1. The highest BCUT2D eigenvalue weighted by molar-refractivity contribution is 7.80. The fraction of sp³-hybridized carbons (Fsp3) is 0.189. The molecule has 1 heterocycles. The van der Waals surface area contributed by atoms with Crippen molar-refractivity contribution in [1.29, 1.82) is 0 Å². The molecule has 0 aliphatic carbocycles. The molecule has 1 atom stereocenters. The lowest BCUT2D eigenvalue weighted by molar-refractivity contribution is -0.115. The Balaban J connectivity index is 1.39. The Hall–Kier alpha value is -4.48. The quantitative estimate of drug-likeness (QED) is 0.107. The number of carbonyl (C=O) groups is 1. The Morgan fingerprint density at radius 1 is 0.833 bits per heavy atom. The molecule has 3 N–H and O–H groups in total. The number of carbonyl (C=O) groups excluding carboxylic acids is 1. The summed E-state index contributed by atoms with van der Waals surface area (Å²) < 4.78 is 0. The molecule has 0 radical (unpaired) electrons. The lowest BCUT2D eigenvalue weighted by Gasteiger charge is -2.33. The third kappa shape index (κ3) is 6.69. The van der Waals surface area contributed by atoms with Gasteiger partial charge in [-0.1, -0.05) is 98.3 Å². The maximum atomic E-state index is 12.0. The van der Waals surface area contributed by atoms with Crippen molar-refractivity contribution in [3.8, 4) is 0 Å². The molecule has 4 aromatic carbocycles. The second-order valence-corrected chi connectivity index (χ2v) is 11.5. The standard InChI is InChI=1S/C37H37N3OS/c1-5-21-37(4,31-17-12-28(13-18-31)24-34-35(41)39-36(42)38-34)40-32-19-14-27(15-20-32)23-33(29-9-7-6-8-10-29)30-16-11-25(2)26(3)22-30/h6-20,22-24,40H,5,21H2,1-4H3,(H2,38,39,41,42)/b33-23+,34-24-. The molecule has 4 nitrogen and oxygen atoms in total. The molecular weight excluding hydrogens is 534 g/mol. The van der Waals surface area contributed by atoms with E-state index in [9.17, 15) is 4.79 Å². The van der Waals surface area contributed by atoms with Gasteiger partial charge < -0.3 is 10.6 Å². The molecule has 1 aliphatic heterocycles. The number of aryl methyl sites for hydroxylation is 2. The van der Waals surface area contributed by atoms with Crippen LogP contribution in [0.4, 0.5) is 5.69 Å². The number of benzene rings is 4. The van der Waals surface area contributed by atoms with Crippen LogP contribution in [0.3, 0.4) is 0 Å². The molecule has 0 spiro atoms. The van der Waals surface area contributed by atoms with E-state index in [0.29, 0.717) is 10.8 Å². The van der Waals surface area contributed by atoms with E-state index in [1.165, 1.54) is 33.4 Å². The Morgan fingerprint density at radius 2 is 1.52 bits per heavy atom. The minimum Gasteiger partial charge on any atom is -0.376 e. The largest absolute Gasteiger partial charge is 0.376 e. The molecule has 1 aliphatic rings. The summed E-state index contributed by atoms with van der Waals surface area (Å²) in [5, 5.41) is 9.65. The van der Waals surface area contributed by atoms with Crippen molar-refractivity contribution in [2.24, 2.45) is 0 Å². The first kappa shape index (κ1) is 29.0. The summed E-state index contributed by atoms with van der Waals surface area (Å²) in [7, 11) is 0. The summed E-state index contributed by atoms with van der Waals surface area (Å²) in [5.74, 6) is -0.204. The van der Waals surface area contributed by atoms with Crippen LogP contribution >= 0.6 is 12.2 Å². The minimum absolute atomic E-state index is 0.204. The van der Waals surface area contributed by atoms with Gasteiger partial charge in [-0.15, -0.1) is 0 Å². The first-order valence-electron chi connectivity index (χ1n) is 14.4. The number of anilines is 1. The van der Waals surface area contributed by atoms with E-state index >= 15 is 0 Å². The van der Waals surface area contributed by atoms with Crippen LogP contribution in [0.2, 0.25) is 0 Å². The van der Waals surface area contributed by atoms with Gasteiger partial charge in [-0.05, 0) is 108 Å². The second kappa shape index (κ2) is 12.6. The van der Waals surface area contributed by atoms with Crippen LogP contribution in [-0.2, 0) is 10.3 Å². The first-order chi connectivity index (χ1) is 20.2. The van der Waals surface area contributed by atoms with Gasteiger partial charge in [0.2, 0.25) is 0 Å². The van der Waals surface area contributed by atoms with Gasteiger partial charge in [0.05, 0.1) is 5.54 Å². The van der Waals surface area contributed by atoms with Gasteiger partial charge in [-0.25, -0.2) is 0 Å². The molecule has 5 heteroatoms. The fourth-order valence-electron chi connectivity index (χ4n) is 5.38. The molecule has 42 heavy (non-hydrogen) atoms. The van der Waals surface area contributed by atoms with E-state index in [2.05, 4.69) is 135 Å². The average molecular weight is 572 g/mol. The van der Waals surface area contributed by atoms with Gasteiger partial charge in [-0.3, -0.25) is 10.1 Å². The predicted octanol–water partition coefficient (Wildman–Crippen LogP) is 8.36. The zero-order valence-electron chi connectivity index (χ0n) is 24.6. The zero-order valence-corrected chi connectivity index (χ0v) is 25.4. The number of hydrogen-bond donors (Lipinski definition) is 3. The highest BCUT2D eigenvalue weighted by Gasteiger charge is 2.26. The van der Waals surface area contributed by atoms with Crippen LogP contribution in [0.1, 0.15) is 65.6 Å². The average Bonchev–Trinajstić information content (AvgIpc) is 3.31. The summed E-state index contributed by atoms with van der Waals surface area (Å²) in [6.07, 6.45) is 6.09. The van der Waals surface area contributed by atoms with Crippen molar-refractivity contribution in [1.82, 2.24) is 10.6 Å². The van der Waals surface area contributed by atoms with Crippen molar-refractivity contribution in [3.63, 3.8) is 0 Å². The summed E-state index contributed by atoms with van der Waals surface area (Å²) in [6.45, 7) is 8.77. The first-order valence-corrected chi connectivity index (χ1v) is 14.8. The molecule has 1 saturated heterocycles. The normalized spacial score (nSPS) is 15.7. The van der Waals surface area contributed by atoms with Gasteiger partial charge in [-0.2, -0.15) is 0 Å². The predicted molar refractivity (Wildman–Crippen MR) is 180 cm³/mol. The Labute approximate surface area is 254 Å². The van der Waals surface area contributed by atoms with Crippen LogP contribution in [0.15, 0.2) is 103 Å². The molecule has 0 bridgehead atoms. The molecule has 5 rings (SSSR count). The van der Waals surface area contributed by atoms with Crippen molar-refractivity contribution >= 4 is 46.7 Å². The topological polar surface area (TPSA) is 53.2 Å². The second-order valence-electron chi connectivity index (χ2n) is 11.1. The maximum absolute atomic E-state index is 12.0. The number of hydrogen-bond acceptors (Lipinski definition) is 3. The zero-order chi connectivity index (χ0) is 29.7. The van der Waals surface area contributed by atoms with Crippen molar-refractivity contribution < 1.29 is 4.79 Å². The van der Waals surface area contributed by atoms with E-state index in [0.717, 1.165) is 29.7 Å². The van der Waals surface area contributed by atoms with Gasteiger partial charge in [0, 0.05) is 5.69 Å². The monoisotopic (exact) mass is 571 g/mol. The minimum atomic E-state index is -0.253. The van der Waals surface area contributed by atoms with E-state index < -0.39 is 0 Å². The highest BCUT2D eigenvalue weighted by atomic mass is 32.1. The molecule has 0 aromatic heterocycles. The highest BCUT2D eigenvalue weighted by Crippen LogP contribution is 2.32. The van der Waals surface area contributed by atoms with Crippen LogP contribution in [0.5, 0.6) is 0 Å². The van der Waals surface area contributed by atoms with Crippen LogP contribution in [0.25, 0.3) is 17.7 Å². The van der Waals surface area contributed by atoms with Gasteiger partial charge in [0.15, 0.2) is 5.11 Å². The molecule has 1 amide bonds. The Bertz CT molecular complexity index is 1650. The van der Waals surface area contributed by atoms with E-state index in [1.807, 2.05) is 18.2 Å². The van der Waals surface area contributed by atoms with Crippen molar-refractivity contribution in [2.45, 2.75) is 46.1 Å². The summed E-state index contributed by atoms with van der Waals surface area (Å²) in [5.41, 5.74) is 10.8. The number of amides is 1. The number of rotatable bonds is 9. The van der Waals surface area contributed by atoms with Crippen LogP contribution in [-0.4, -0.2) is 11.0 Å². The lowest BCUT2D eigenvalue weighted by Crippen LogP contribution is -2.31. The number of nitrogens with one attached hydrogen (secondary N) is 3. The smallest absolute Gasteiger partial charge is 0.273 e. The molecular formula is C37H37N3OS. The molecule has 1 unspecified atom stereocenters. The van der Waals surface area contributed by atoms with Crippen LogP contribution in [0, 0.1) is 13.8 Å². The van der Waals surface area contributed by atoms with Crippen molar-refractivity contribution in [3.05, 3.63) is 142 Å². The molecule has 212 valence electrons. The Kier molecular flexibility index (Phi) is 8.69. The van der Waals surface area contributed by atoms with Gasteiger partial charge in [0.25, 0.3) is 5.91 Å². The Morgan fingerprint density at radius 3 is 2.14 bits per heavy atom. The van der Waals surface area contributed by atoms with E-state index in [-0.39, 0.29) is 11.4 Å². The third-order valence-electron chi connectivity index (χ3n) is 7.87. The third-order valence-corrected chi connectivity index (χ3v) is 8.08. The van der Waals surface area contributed by atoms with E-state index in [4.69, 9.17) is 12.2 Å². The van der Waals surface area contributed by atoms with Gasteiger partial charge in [0.1, 0.15) is 5.70 Å². The number of thiocarbonyl (C=S) groups is 1. The maximum Gasteiger partial charge on any atom is 0.273 e. The molecule has 0 saturated carbocycles. The molecule has 1 fully saturated rings. The fourth-order valence-corrected chi connectivity index (χ4v) is 5.59.